The molecule has 0 bridgehead atoms. The van der Waals surface area contributed by atoms with Gasteiger partial charge in [-0.25, -0.2) is 0 Å². The molecule has 110 valence electrons. The molecule has 5 heteroatoms. The number of hydrogen-bond acceptors (Lipinski definition) is 4. The molecule has 0 heterocycles. The number of ether oxygens (including phenoxy) is 1. The summed E-state index contributed by atoms with van der Waals surface area (Å²) < 4.78 is 5.59. The van der Waals surface area contributed by atoms with Crippen molar-refractivity contribution in [1.29, 1.82) is 0 Å². The first-order valence-corrected chi connectivity index (χ1v) is 6.53. The Balaban J connectivity index is 2.19. The molecule has 1 amide bonds. The Morgan fingerprint density at radius 1 is 1.14 bits per heavy atom. The van der Waals surface area contributed by atoms with E-state index >= 15 is 0 Å². The van der Waals surface area contributed by atoms with E-state index in [0.29, 0.717) is 16.9 Å². The average Bonchev–Trinajstić information content (AvgIpc) is 2.53. The quantitative estimate of drug-likeness (QED) is 0.734. The summed E-state index contributed by atoms with van der Waals surface area (Å²) in [6.07, 6.45) is 0. The van der Waals surface area contributed by atoms with Gasteiger partial charge in [-0.1, -0.05) is 42.5 Å². The van der Waals surface area contributed by atoms with Crippen molar-refractivity contribution < 1.29 is 14.6 Å². The Bertz CT molecular complexity index is 616. The first kappa shape index (κ1) is 15.0. The van der Waals surface area contributed by atoms with Gasteiger partial charge in [-0.3, -0.25) is 4.79 Å². The van der Waals surface area contributed by atoms with Crippen molar-refractivity contribution in [3.05, 3.63) is 65.7 Å². The number of amides is 1. The number of hydrogen-bond donors (Lipinski definition) is 3. The minimum Gasteiger partial charge on any atom is -0.491 e. The largest absolute Gasteiger partial charge is 0.491 e. The third-order valence-electron chi connectivity index (χ3n) is 3.28. The number of carbonyl (C=O) groups excluding carboxylic acids is 1. The van der Waals surface area contributed by atoms with Crippen molar-refractivity contribution in [3.8, 4) is 5.75 Å². The Hall–Kier alpha value is -2.37. The van der Waals surface area contributed by atoms with Gasteiger partial charge in [0.25, 0.3) is 0 Å². The van der Waals surface area contributed by atoms with Crippen LogP contribution in [0.5, 0.6) is 5.75 Å². The molecule has 21 heavy (non-hydrogen) atoms. The van der Waals surface area contributed by atoms with Crippen LogP contribution in [-0.4, -0.2) is 17.6 Å². The SMILES string of the molecule is NC(=O)C(N)(COc1cccc(CO)c1)c1ccccc1. The molecule has 5 nitrogen and oxygen atoms in total. The van der Waals surface area contributed by atoms with Crippen molar-refractivity contribution in [2.75, 3.05) is 6.61 Å². The highest BCUT2D eigenvalue weighted by atomic mass is 16.5. The second-order valence-corrected chi connectivity index (χ2v) is 4.80. The summed E-state index contributed by atoms with van der Waals surface area (Å²) in [6.45, 7) is -0.166. The molecule has 1 atom stereocenters. The van der Waals surface area contributed by atoms with Gasteiger partial charge >= 0.3 is 0 Å². The molecule has 0 aliphatic rings. The molecule has 0 radical (unpaired) electrons. The Labute approximate surface area is 123 Å². The number of rotatable bonds is 6. The van der Waals surface area contributed by atoms with E-state index < -0.39 is 11.4 Å². The highest BCUT2D eigenvalue weighted by Crippen LogP contribution is 2.21. The predicted molar refractivity (Wildman–Crippen MR) is 79.4 cm³/mol. The van der Waals surface area contributed by atoms with Crippen molar-refractivity contribution in [2.24, 2.45) is 11.5 Å². The Morgan fingerprint density at radius 2 is 1.86 bits per heavy atom. The van der Waals surface area contributed by atoms with E-state index in [1.165, 1.54) is 0 Å². The number of benzene rings is 2. The first-order valence-electron chi connectivity index (χ1n) is 6.53. The Kier molecular flexibility index (Phi) is 4.57. The zero-order chi connectivity index (χ0) is 15.3. The number of aliphatic hydroxyl groups excluding tert-OH is 1. The minimum atomic E-state index is -1.41. The third kappa shape index (κ3) is 3.39. The van der Waals surface area contributed by atoms with Gasteiger partial charge in [0.1, 0.15) is 12.4 Å². The summed E-state index contributed by atoms with van der Waals surface area (Å²) in [7, 11) is 0. The highest BCUT2D eigenvalue weighted by molar-refractivity contribution is 5.86. The van der Waals surface area contributed by atoms with Crippen molar-refractivity contribution in [2.45, 2.75) is 12.1 Å². The number of primary amides is 1. The molecule has 2 aromatic rings. The molecular weight excluding hydrogens is 268 g/mol. The number of carbonyl (C=O) groups is 1. The van der Waals surface area contributed by atoms with Crippen LogP contribution >= 0.6 is 0 Å². The summed E-state index contributed by atoms with van der Waals surface area (Å²) in [4.78, 5) is 11.7. The molecule has 0 fully saturated rings. The molecule has 2 rings (SSSR count). The normalized spacial score (nSPS) is 13.4. The lowest BCUT2D eigenvalue weighted by molar-refractivity contribution is -0.124. The molecule has 0 aliphatic carbocycles. The van der Waals surface area contributed by atoms with Gasteiger partial charge in [-0.05, 0) is 23.3 Å². The van der Waals surface area contributed by atoms with Gasteiger partial charge in [0.15, 0.2) is 5.54 Å². The minimum absolute atomic E-state index is 0.0821. The lowest BCUT2D eigenvalue weighted by atomic mass is 9.91. The molecule has 0 aromatic heterocycles. The van der Waals surface area contributed by atoms with Crippen LogP contribution in [-0.2, 0) is 16.9 Å². The summed E-state index contributed by atoms with van der Waals surface area (Å²) >= 11 is 0. The molecule has 0 saturated heterocycles. The molecular formula is C16H18N2O3. The second kappa shape index (κ2) is 6.39. The molecule has 0 spiro atoms. The topological polar surface area (TPSA) is 98.6 Å². The van der Waals surface area contributed by atoms with Gasteiger partial charge in [-0.15, -0.1) is 0 Å². The van der Waals surface area contributed by atoms with E-state index in [2.05, 4.69) is 0 Å². The molecule has 0 aliphatic heterocycles. The van der Waals surface area contributed by atoms with E-state index in [1.807, 2.05) is 6.07 Å². The van der Waals surface area contributed by atoms with Crippen LogP contribution in [0.3, 0.4) is 0 Å². The van der Waals surface area contributed by atoms with Crippen LogP contribution in [0.25, 0.3) is 0 Å². The van der Waals surface area contributed by atoms with Crippen LogP contribution in [0.2, 0.25) is 0 Å². The van der Waals surface area contributed by atoms with Crippen molar-refractivity contribution in [1.82, 2.24) is 0 Å². The lowest BCUT2D eigenvalue weighted by Gasteiger charge is -2.26. The van der Waals surface area contributed by atoms with Crippen LogP contribution < -0.4 is 16.2 Å². The number of aliphatic hydroxyl groups is 1. The van der Waals surface area contributed by atoms with Crippen LogP contribution in [0.4, 0.5) is 0 Å². The fraction of sp³-hybridized carbons (Fsp3) is 0.188. The predicted octanol–water partition coefficient (Wildman–Crippen LogP) is 0.897. The van der Waals surface area contributed by atoms with Gasteiger partial charge in [-0.2, -0.15) is 0 Å². The fourth-order valence-corrected chi connectivity index (χ4v) is 1.96. The van der Waals surface area contributed by atoms with Gasteiger partial charge in [0, 0.05) is 0 Å². The maximum absolute atomic E-state index is 11.7. The summed E-state index contributed by atoms with van der Waals surface area (Å²) in [5.41, 5.74) is 11.5. The standard InChI is InChI=1S/C16H18N2O3/c17-15(20)16(18,13-6-2-1-3-7-13)11-21-14-8-4-5-12(9-14)10-19/h1-9,19H,10-11,18H2,(H2,17,20). The van der Waals surface area contributed by atoms with Crippen LogP contribution in [0.1, 0.15) is 11.1 Å². The molecule has 1 unspecified atom stereocenters. The average molecular weight is 286 g/mol. The highest BCUT2D eigenvalue weighted by Gasteiger charge is 2.35. The monoisotopic (exact) mass is 286 g/mol. The van der Waals surface area contributed by atoms with Gasteiger partial charge < -0.3 is 21.3 Å². The molecule has 2 aromatic carbocycles. The zero-order valence-corrected chi connectivity index (χ0v) is 11.5. The smallest absolute Gasteiger partial charge is 0.245 e. The van der Waals surface area contributed by atoms with Crippen LogP contribution in [0, 0.1) is 0 Å². The van der Waals surface area contributed by atoms with Crippen LogP contribution in [0.15, 0.2) is 54.6 Å². The van der Waals surface area contributed by atoms with E-state index in [9.17, 15) is 4.79 Å². The molecule has 0 saturated carbocycles. The fourth-order valence-electron chi connectivity index (χ4n) is 1.96. The second-order valence-electron chi connectivity index (χ2n) is 4.80. The maximum Gasteiger partial charge on any atom is 0.245 e. The van der Waals surface area contributed by atoms with Crippen molar-refractivity contribution >= 4 is 5.91 Å². The summed E-state index contributed by atoms with van der Waals surface area (Å²) in [5, 5.41) is 9.10. The zero-order valence-electron chi connectivity index (χ0n) is 11.5. The summed E-state index contributed by atoms with van der Waals surface area (Å²) in [6, 6.07) is 15.8. The summed E-state index contributed by atoms with van der Waals surface area (Å²) in [5.74, 6) is -0.138. The first-order chi connectivity index (χ1) is 10.1. The van der Waals surface area contributed by atoms with E-state index in [1.54, 1.807) is 48.5 Å². The number of nitrogens with two attached hydrogens (primary N) is 2. The van der Waals surface area contributed by atoms with Crippen molar-refractivity contribution in [3.63, 3.8) is 0 Å². The third-order valence-corrected chi connectivity index (χ3v) is 3.28. The maximum atomic E-state index is 11.7. The van der Waals surface area contributed by atoms with Gasteiger partial charge in [0.2, 0.25) is 5.91 Å². The lowest BCUT2D eigenvalue weighted by Crippen LogP contribution is -2.53. The van der Waals surface area contributed by atoms with Gasteiger partial charge in [0.05, 0.1) is 6.61 Å². The van der Waals surface area contributed by atoms with E-state index in [-0.39, 0.29) is 13.2 Å². The van der Waals surface area contributed by atoms with E-state index in [0.717, 1.165) is 0 Å². The Morgan fingerprint density at radius 3 is 2.48 bits per heavy atom. The van der Waals surface area contributed by atoms with E-state index in [4.69, 9.17) is 21.3 Å². The molecule has 5 N–H and O–H groups in total.